The van der Waals surface area contributed by atoms with Gasteiger partial charge in [0.25, 0.3) is 5.91 Å². The van der Waals surface area contributed by atoms with E-state index >= 15 is 0 Å². The van der Waals surface area contributed by atoms with Crippen LogP contribution in [0.1, 0.15) is 23.7 Å². The fourth-order valence-electron chi connectivity index (χ4n) is 3.37. The molecule has 3 aromatic carbocycles. The molecule has 0 aliphatic heterocycles. The summed E-state index contributed by atoms with van der Waals surface area (Å²) in [6, 6.07) is 22.4. The first-order valence-electron chi connectivity index (χ1n) is 11.1. The molecule has 0 fully saturated rings. The Hall–Kier alpha value is -3.98. The molecule has 0 aliphatic carbocycles. The molecule has 0 aliphatic rings. The maximum Gasteiger partial charge on any atom is 0.251 e. The lowest BCUT2D eigenvalue weighted by molar-refractivity contribution is -0.113. The normalized spacial score (nSPS) is 10.7. The molecule has 1 aromatic heterocycles. The second-order valence-corrected chi connectivity index (χ2v) is 8.60. The largest absolute Gasteiger partial charge is 0.352 e. The van der Waals surface area contributed by atoms with Crippen molar-refractivity contribution < 1.29 is 14.0 Å². The number of aromatic nitrogens is 3. The lowest BCUT2D eigenvalue weighted by Crippen LogP contribution is -2.24. The highest BCUT2D eigenvalue weighted by Crippen LogP contribution is 2.28. The molecular formula is C26H24FN5O2S. The zero-order valence-corrected chi connectivity index (χ0v) is 19.9. The van der Waals surface area contributed by atoms with Crippen LogP contribution in [0.25, 0.3) is 17.1 Å². The number of carbonyl (C=O) groups excluding carboxylic acids is 2. The van der Waals surface area contributed by atoms with Gasteiger partial charge in [0, 0.05) is 29.0 Å². The van der Waals surface area contributed by atoms with Gasteiger partial charge < -0.3 is 10.6 Å². The lowest BCUT2D eigenvalue weighted by Gasteiger charge is -2.11. The van der Waals surface area contributed by atoms with Crippen LogP contribution in [0.4, 0.5) is 10.1 Å². The van der Waals surface area contributed by atoms with Crippen LogP contribution in [-0.2, 0) is 4.79 Å². The highest BCUT2D eigenvalue weighted by atomic mass is 32.2. The van der Waals surface area contributed by atoms with Crippen molar-refractivity contribution in [2.24, 2.45) is 0 Å². The third-order valence-corrected chi connectivity index (χ3v) is 5.96. The van der Waals surface area contributed by atoms with Crippen molar-refractivity contribution in [2.45, 2.75) is 18.5 Å². The first-order valence-corrected chi connectivity index (χ1v) is 12.1. The minimum Gasteiger partial charge on any atom is -0.352 e. The van der Waals surface area contributed by atoms with Crippen LogP contribution in [0.3, 0.4) is 0 Å². The lowest BCUT2D eigenvalue weighted by atomic mass is 10.2. The number of hydrogen-bond acceptors (Lipinski definition) is 5. The predicted octanol–water partition coefficient (Wildman–Crippen LogP) is 4.94. The summed E-state index contributed by atoms with van der Waals surface area (Å²) in [6.07, 6.45) is 0.843. The molecule has 178 valence electrons. The summed E-state index contributed by atoms with van der Waals surface area (Å²) in [5.74, 6) is -0.128. The third-order valence-electron chi connectivity index (χ3n) is 5.03. The number of rotatable bonds is 9. The van der Waals surface area contributed by atoms with Crippen molar-refractivity contribution in [2.75, 3.05) is 17.6 Å². The second-order valence-electron chi connectivity index (χ2n) is 7.66. The summed E-state index contributed by atoms with van der Waals surface area (Å²) < 4.78 is 15.3. The molecule has 7 nitrogen and oxygen atoms in total. The number of nitrogens with zero attached hydrogens (tertiary/aromatic N) is 3. The fourth-order valence-corrected chi connectivity index (χ4v) is 4.12. The Balaban J connectivity index is 1.50. The maximum absolute atomic E-state index is 13.4. The van der Waals surface area contributed by atoms with Crippen molar-refractivity contribution in [1.29, 1.82) is 0 Å². The van der Waals surface area contributed by atoms with Crippen molar-refractivity contribution >= 4 is 29.3 Å². The zero-order chi connectivity index (χ0) is 24.6. The number of benzene rings is 3. The van der Waals surface area contributed by atoms with Gasteiger partial charge in [-0.1, -0.05) is 43.0 Å². The predicted molar refractivity (Wildman–Crippen MR) is 135 cm³/mol. The van der Waals surface area contributed by atoms with Crippen LogP contribution in [0.2, 0.25) is 0 Å². The van der Waals surface area contributed by atoms with Gasteiger partial charge in [0.05, 0.1) is 5.75 Å². The topological polar surface area (TPSA) is 88.9 Å². The molecule has 0 unspecified atom stereocenters. The van der Waals surface area contributed by atoms with E-state index in [0.717, 1.165) is 12.1 Å². The van der Waals surface area contributed by atoms with E-state index in [2.05, 4.69) is 20.8 Å². The molecular weight excluding hydrogens is 465 g/mol. The van der Waals surface area contributed by atoms with Crippen LogP contribution < -0.4 is 10.6 Å². The maximum atomic E-state index is 13.4. The van der Waals surface area contributed by atoms with Gasteiger partial charge in [0.15, 0.2) is 11.0 Å². The summed E-state index contributed by atoms with van der Waals surface area (Å²) >= 11 is 1.23. The van der Waals surface area contributed by atoms with E-state index in [1.165, 1.54) is 23.9 Å². The van der Waals surface area contributed by atoms with Gasteiger partial charge in [-0.25, -0.2) is 4.39 Å². The minimum atomic E-state index is -0.335. The smallest absolute Gasteiger partial charge is 0.251 e. The standard InChI is InChI=1S/C26H24FN5O2S/c1-2-15-28-25(34)19-7-6-8-21(16-19)29-23(33)17-35-26-31-30-24(18-11-13-20(27)14-12-18)32(26)22-9-4-3-5-10-22/h3-14,16H,2,15,17H2,1H3,(H,28,34)(H,29,33). The molecule has 1 heterocycles. The van der Waals surface area contributed by atoms with Crippen LogP contribution in [0, 0.1) is 5.82 Å². The van der Waals surface area contributed by atoms with Crippen LogP contribution in [0.5, 0.6) is 0 Å². The van der Waals surface area contributed by atoms with E-state index in [1.54, 1.807) is 36.4 Å². The number of amides is 2. The average molecular weight is 490 g/mol. The van der Waals surface area contributed by atoms with E-state index < -0.39 is 0 Å². The molecule has 9 heteroatoms. The highest BCUT2D eigenvalue weighted by Gasteiger charge is 2.17. The Morgan fingerprint density at radius 2 is 1.74 bits per heavy atom. The van der Waals surface area contributed by atoms with E-state index in [-0.39, 0.29) is 23.4 Å². The van der Waals surface area contributed by atoms with Crippen LogP contribution >= 0.6 is 11.8 Å². The monoisotopic (exact) mass is 489 g/mol. The van der Waals surface area contributed by atoms with Crippen molar-refractivity contribution in [3.63, 3.8) is 0 Å². The Bertz CT molecular complexity index is 1310. The van der Waals surface area contributed by atoms with Crippen molar-refractivity contribution in [3.8, 4) is 17.1 Å². The molecule has 0 saturated heterocycles. The number of carbonyl (C=O) groups is 2. The Kier molecular flexibility index (Phi) is 7.89. The summed E-state index contributed by atoms with van der Waals surface area (Å²) in [5, 5.41) is 14.8. The summed E-state index contributed by atoms with van der Waals surface area (Å²) in [7, 11) is 0. The second kappa shape index (κ2) is 11.4. The number of thioether (sulfide) groups is 1. The molecule has 35 heavy (non-hydrogen) atoms. The van der Waals surface area contributed by atoms with Gasteiger partial charge >= 0.3 is 0 Å². The number of nitrogens with one attached hydrogen (secondary N) is 2. The van der Waals surface area contributed by atoms with Gasteiger partial charge in [-0.3, -0.25) is 14.2 Å². The molecule has 0 bridgehead atoms. The van der Waals surface area contributed by atoms with E-state index in [1.807, 2.05) is 41.8 Å². The number of halogens is 1. The molecule has 0 saturated carbocycles. The number of anilines is 1. The SMILES string of the molecule is CCCNC(=O)c1cccc(NC(=O)CSc2nnc(-c3ccc(F)cc3)n2-c2ccccc2)c1. The molecule has 0 radical (unpaired) electrons. The highest BCUT2D eigenvalue weighted by molar-refractivity contribution is 7.99. The minimum absolute atomic E-state index is 0.0840. The van der Waals surface area contributed by atoms with E-state index in [0.29, 0.717) is 34.3 Å². The molecule has 4 rings (SSSR count). The molecule has 2 amide bonds. The van der Waals surface area contributed by atoms with E-state index in [9.17, 15) is 14.0 Å². The van der Waals surface area contributed by atoms with E-state index in [4.69, 9.17) is 0 Å². The quantitative estimate of drug-likeness (QED) is 0.325. The first-order chi connectivity index (χ1) is 17.0. The third kappa shape index (κ3) is 6.13. The van der Waals surface area contributed by atoms with Gasteiger partial charge in [-0.05, 0) is 61.0 Å². The molecule has 2 N–H and O–H groups in total. The molecule has 0 atom stereocenters. The Morgan fingerprint density at radius 1 is 0.971 bits per heavy atom. The fraction of sp³-hybridized carbons (Fsp3) is 0.154. The molecule has 4 aromatic rings. The zero-order valence-electron chi connectivity index (χ0n) is 19.1. The van der Waals surface area contributed by atoms with Crippen LogP contribution in [-0.4, -0.2) is 38.9 Å². The summed E-state index contributed by atoms with van der Waals surface area (Å²) in [5.41, 5.74) is 2.55. The van der Waals surface area contributed by atoms with Crippen molar-refractivity contribution in [3.05, 3.63) is 90.2 Å². The Morgan fingerprint density at radius 3 is 2.49 bits per heavy atom. The molecule has 0 spiro atoms. The van der Waals surface area contributed by atoms with Gasteiger partial charge in [0.1, 0.15) is 5.82 Å². The summed E-state index contributed by atoms with van der Waals surface area (Å²) in [4.78, 5) is 24.9. The number of para-hydroxylation sites is 1. The average Bonchev–Trinajstić information content (AvgIpc) is 3.31. The van der Waals surface area contributed by atoms with Crippen LogP contribution in [0.15, 0.2) is 84.0 Å². The van der Waals surface area contributed by atoms with Gasteiger partial charge in [-0.2, -0.15) is 0 Å². The summed E-state index contributed by atoms with van der Waals surface area (Å²) in [6.45, 7) is 2.57. The van der Waals surface area contributed by atoms with Gasteiger partial charge in [0.2, 0.25) is 5.91 Å². The van der Waals surface area contributed by atoms with Crippen molar-refractivity contribution in [1.82, 2.24) is 20.1 Å². The first kappa shape index (κ1) is 24.2. The van der Waals surface area contributed by atoms with Gasteiger partial charge in [-0.15, -0.1) is 10.2 Å². The number of hydrogen-bond donors (Lipinski definition) is 2. The Labute approximate surface area is 206 Å².